The molecule has 1 aliphatic rings. The Morgan fingerprint density at radius 2 is 2.23 bits per heavy atom. The number of ether oxygens (including phenoxy) is 1. The van der Waals surface area contributed by atoms with Gasteiger partial charge in [0, 0.05) is 26.4 Å². The van der Waals surface area contributed by atoms with Crippen LogP contribution in [0.4, 0.5) is 0 Å². The Bertz CT molecular complexity index is 649. The molecule has 0 saturated carbocycles. The summed E-state index contributed by atoms with van der Waals surface area (Å²) in [4.78, 5) is 16.6. The molecule has 1 aliphatic heterocycles. The van der Waals surface area contributed by atoms with E-state index in [1.54, 1.807) is 23.8 Å². The molecular formula is C13H17Cl3N4O2. The molecule has 0 bridgehead atoms. The Hall–Kier alpha value is -1.05. The summed E-state index contributed by atoms with van der Waals surface area (Å²) in [6.07, 6.45) is 1.74. The minimum absolute atomic E-state index is 0. The van der Waals surface area contributed by atoms with Gasteiger partial charge in [0.05, 0.1) is 12.1 Å². The largest absolute Gasteiger partial charge is 0.378 e. The molecular weight excluding hydrogens is 351 g/mol. The number of methoxy groups -OCH3 is 1. The molecule has 2 N–H and O–H groups in total. The van der Waals surface area contributed by atoms with E-state index in [2.05, 4.69) is 15.6 Å². The smallest absolute Gasteiger partial charge is 0.271 e. The lowest BCUT2D eigenvalue weighted by Gasteiger charge is -2.18. The molecule has 3 heterocycles. The van der Waals surface area contributed by atoms with Crippen molar-refractivity contribution in [1.29, 1.82) is 0 Å². The SMILES string of the molecule is CO[C@H]1CNCC1NC(=O)c1c(Cl)nc2ccccn12.Cl.Cl. The Morgan fingerprint density at radius 1 is 1.45 bits per heavy atom. The summed E-state index contributed by atoms with van der Waals surface area (Å²) in [6.45, 7) is 1.40. The monoisotopic (exact) mass is 366 g/mol. The lowest BCUT2D eigenvalue weighted by atomic mass is 10.2. The molecule has 1 unspecified atom stereocenters. The first-order valence-corrected chi connectivity index (χ1v) is 6.75. The van der Waals surface area contributed by atoms with Crippen molar-refractivity contribution in [2.75, 3.05) is 20.2 Å². The van der Waals surface area contributed by atoms with E-state index in [1.165, 1.54) is 0 Å². The summed E-state index contributed by atoms with van der Waals surface area (Å²) >= 11 is 6.08. The van der Waals surface area contributed by atoms with Crippen LogP contribution in [0.3, 0.4) is 0 Å². The predicted octanol–water partition coefficient (Wildman–Crippen LogP) is 1.55. The summed E-state index contributed by atoms with van der Waals surface area (Å²) in [5, 5.41) is 6.33. The van der Waals surface area contributed by atoms with Crippen molar-refractivity contribution >= 4 is 48.0 Å². The minimum atomic E-state index is -0.246. The zero-order valence-corrected chi connectivity index (χ0v) is 14.2. The van der Waals surface area contributed by atoms with Crippen molar-refractivity contribution in [2.24, 2.45) is 0 Å². The van der Waals surface area contributed by atoms with Gasteiger partial charge in [-0.2, -0.15) is 0 Å². The second-order valence-corrected chi connectivity index (χ2v) is 5.05. The Kier molecular flexibility index (Phi) is 6.90. The van der Waals surface area contributed by atoms with Gasteiger partial charge in [-0.25, -0.2) is 4.98 Å². The molecule has 0 spiro atoms. The van der Waals surface area contributed by atoms with E-state index in [1.807, 2.05) is 12.1 Å². The molecule has 2 aromatic rings. The summed E-state index contributed by atoms with van der Waals surface area (Å²) in [5.74, 6) is -0.246. The average Bonchev–Trinajstić information content (AvgIpc) is 3.01. The van der Waals surface area contributed by atoms with Gasteiger partial charge < -0.3 is 15.4 Å². The van der Waals surface area contributed by atoms with E-state index >= 15 is 0 Å². The van der Waals surface area contributed by atoms with Gasteiger partial charge in [0.25, 0.3) is 5.91 Å². The Balaban J connectivity index is 0.00000121. The van der Waals surface area contributed by atoms with Gasteiger partial charge in [0.2, 0.25) is 0 Å². The van der Waals surface area contributed by atoms with Gasteiger partial charge in [0.15, 0.2) is 10.8 Å². The number of carbonyl (C=O) groups is 1. The number of carbonyl (C=O) groups excluding carboxylic acids is 1. The van der Waals surface area contributed by atoms with E-state index in [4.69, 9.17) is 16.3 Å². The molecule has 6 nitrogen and oxygen atoms in total. The molecule has 0 radical (unpaired) electrons. The van der Waals surface area contributed by atoms with E-state index in [-0.39, 0.29) is 48.0 Å². The first-order chi connectivity index (χ1) is 9.70. The molecule has 2 aromatic heterocycles. The minimum Gasteiger partial charge on any atom is -0.378 e. The average molecular weight is 368 g/mol. The fraction of sp³-hybridized carbons (Fsp3) is 0.385. The zero-order chi connectivity index (χ0) is 14.1. The summed E-state index contributed by atoms with van der Waals surface area (Å²) in [5.41, 5.74) is 1.000. The van der Waals surface area contributed by atoms with Crippen molar-refractivity contribution in [2.45, 2.75) is 12.1 Å². The number of amides is 1. The zero-order valence-electron chi connectivity index (χ0n) is 11.8. The third-order valence-electron chi connectivity index (χ3n) is 3.48. The van der Waals surface area contributed by atoms with Crippen LogP contribution in [-0.4, -0.2) is 47.6 Å². The van der Waals surface area contributed by atoms with Crippen LogP contribution in [0, 0.1) is 0 Å². The van der Waals surface area contributed by atoms with Crippen LogP contribution >= 0.6 is 36.4 Å². The van der Waals surface area contributed by atoms with E-state index in [0.717, 1.165) is 6.54 Å². The van der Waals surface area contributed by atoms with Gasteiger partial charge in [-0.15, -0.1) is 24.8 Å². The van der Waals surface area contributed by atoms with Crippen LogP contribution in [0.5, 0.6) is 0 Å². The van der Waals surface area contributed by atoms with Gasteiger partial charge in [-0.1, -0.05) is 17.7 Å². The molecule has 2 atom stereocenters. The number of imidazole rings is 1. The number of aromatic nitrogens is 2. The summed E-state index contributed by atoms with van der Waals surface area (Å²) in [6, 6.07) is 5.41. The summed E-state index contributed by atoms with van der Waals surface area (Å²) in [7, 11) is 1.64. The van der Waals surface area contributed by atoms with Crippen molar-refractivity contribution in [3.8, 4) is 0 Å². The topological polar surface area (TPSA) is 67.7 Å². The second kappa shape index (κ2) is 7.99. The quantitative estimate of drug-likeness (QED) is 0.864. The lowest BCUT2D eigenvalue weighted by molar-refractivity contribution is 0.0776. The Labute approximate surface area is 145 Å². The molecule has 3 rings (SSSR count). The third kappa shape index (κ3) is 3.47. The number of nitrogens with zero attached hydrogens (tertiary/aromatic N) is 2. The first-order valence-electron chi connectivity index (χ1n) is 6.37. The third-order valence-corrected chi connectivity index (χ3v) is 3.74. The van der Waals surface area contributed by atoms with Gasteiger partial charge in [0.1, 0.15) is 5.65 Å². The van der Waals surface area contributed by atoms with Crippen LogP contribution in [0.15, 0.2) is 24.4 Å². The van der Waals surface area contributed by atoms with Crippen LogP contribution in [0.25, 0.3) is 5.65 Å². The molecule has 122 valence electrons. The van der Waals surface area contributed by atoms with Crippen LogP contribution in [0.1, 0.15) is 10.5 Å². The predicted molar refractivity (Wildman–Crippen MR) is 89.6 cm³/mol. The lowest BCUT2D eigenvalue weighted by Crippen LogP contribution is -2.44. The molecule has 1 saturated heterocycles. The highest BCUT2D eigenvalue weighted by Gasteiger charge is 2.30. The van der Waals surface area contributed by atoms with Crippen molar-refractivity contribution in [3.63, 3.8) is 0 Å². The normalized spacial score (nSPS) is 20.3. The fourth-order valence-electron chi connectivity index (χ4n) is 2.45. The van der Waals surface area contributed by atoms with Crippen molar-refractivity contribution in [3.05, 3.63) is 35.2 Å². The number of pyridine rings is 1. The highest BCUT2D eigenvalue weighted by Crippen LogP contribution is 2.18. The van der Waals surface area contributed by atoms with Crippen LogP contribution in [-0.2, 0) is 4.74 Å². The number of hydrogen-bond acceptors (Lipinski definition) is 4. The number of halogens is 3. The number of hydrogen-bond donors (Lipinski definition) is 2. The number of fused-ring (bicyclic) bond motifs is 1. The molecule has 9 heteroatoms. The fourth-order valence-corrected chi connectivity index (χ4v) is 2.72. The van der Waals surface area contributed by atoms with Crippen LogP contribution < -0.4 is 10.6 Å². The van der Waals surface area contributed by atoms with Crippen molar-refractivity contribution in [1.82, 2.24) is 20.0 Å². The Morgan fingerprint density at radius 3 is 2.95 bits per heavy atom. The van der Waals surface area contributed by atoms with E-state index in [9.17, 15) is 4.79 Å². The maximum atomic E-state index is 12.4. The van der Waals surface area contributed by atoms with Gasteiger partial charge in [-0.3, -0.25) is 9.20 Å². The van der Waals surface area contributed by atoms with E-state index < -0.39 is 0 Å². The van der Waals surface area contributed by atoms with Gasteiger partial charge >= 0.3 is 0 Å². The summed E-state index contributed by atoms with van der Waals surface area (Å²) < 4.78 is 7.01. The molecule has 1 amide bonds. The highest BCUT2D eigenvalue weighted by atomic mass is 35.5. The molecule has 0 aromatic carbocycles. The van der Waals surface area contributed by atoms with Gasteiger partial charge in [-0.05, 0) is 12.1 Å². The van der Waals surface area contributed by atoms with E-state index in [0.29, 0.717) is 17.9 Å². The maximum Gasteiger partial charge on any atom is 0.271 e. The standard InChI is InChI=1S/C13H15ClN4O2.2ClH/c1-20-9-7-15-6-8(9)16-13(19)11-12(14)17-10-4-2-3-5-18(10)11;;/h2-5,8-9,15H,6-7H2,1H3,(H,16,19);2*1H/t8?,9-;;/m0../s1. The van der Waals surface area contributed by atoms with Crippen LogP contribution in [0.2, 0.25) is 5.15 Å². The van der Waals surface area contributed by atoms with Crippen molar-refractivity contribution < 1.29 is 9.53 Å². The molecule has 22 heavy (non-hydrogen) atoms. The molecule has 1 fully saturated rings. The number of nitrogens with one attached hydrogen (secondary N) is 2. The second-order valence-electron chi connectivity index (χ2n) is 4.69. The molecule has 0 aliphatic carbocycles. The number of rotatable bonds is 3. The highest BCUT2D eigenvalue weighted by molar-refractivity contribution is 6.32. The maximum absolute atomic E-state index is 12.4. The first kappa shape index (κ1) is 19.0.